The first-order valence-electron chi connectivity index (χ1n) is 5.55. The number of aromatic nitrogens is 3. The normalized spacial score (nSPS) is 10.6. The van der Waals surface area contributed by atoms with Gasteiger partial charge in [-0.25, -0.2) is 0 Å². The van der Waals surface area contributed by atoms with Crippen molar-refractivity contribution < 1.29 is 9.47 Å². The predicted octanol–water partition coefficient (Wildman–Crippen LogP) is 2.26. The molecule has 0 radical (unpaired) electrons. The summed E-state index contributed by atoms with van der Waals surface area (Å²) in [4.78, 5) is 0. The van der Waals surface area contributed by atoms with E-state index in [1.54, 1.807) is 14.2 Å². The zero-order valence-corrected chi connectivity index (χ0v) is 11.2. The van der Waals surface area contributed by atoms with E-state index in [-0.39, 0.29) is 0 Å². The summed E-state index contributed by atoms with van der Waals surface area (Å²) in [6.07, 6.45) is 0. The van der Waals surface area contributed by atoms with Gasteiger partial charge in [0.05, 0.1) is 20.3 Å². The molecule has 1 aromatic carbocycles. The molecule has 0 aliphatic rings. The summed E-state index contributed by atoms with van der Waals surface area (Å²) < 4.78 is 12.8. The molecule has 0 unspecified atom stereocenters. The second-order valence-electron chi connectivity index (χ2n) is 3.73. The number of hydrogen-bond donors (Lipinski definition) is 1. The molecule has 0 aliphatic carbocycles. The molecule has 0 aliphatic heterocycles. The minimum Gasteiger partial charge on any atom is -0.497 e. The Morgan fingerprint density at radius 2 is 2.22 bits per heavy atom. The summed E-state index contributed by atoms with van der Waals surface area (Å²) in [5, 5.41) is 7.05. The number of H-pyrrole nitrogens is 1. The fraction of sp³-hybridized carbons (Fsp3) is 0.333. The molecule has 0 bridgehead atoms. The van der Waals surface area contributed by atoms with Crippen molar-refractivity contribution in [3.63, 3.8) is 0 Å². The summed E-state index contributed by atoms with van der Waals surface area (Å²) in [6.45, 7) is 1.25. The van der Waals surface area contributed by atoms with E-state index in [4.69, 9.17) is 21.7 Å². The Bertz CT molecular complexity index is 577. The van der Waals surface area contributed by atoms with Crippen LogP contribution in [0, 0.1) is 4.77 Å². The van der Waals surface area contributed by atoms with Crippen LogP contribution in [-0.2, 0) is 11.3 Å². The number of nitrogens with zero attached hydrogens (tertiary/aromatic N) is 2. The Labute approximate surface area is 110 Å². The number of hydrogen-bond acceptors (Lipinski definition) is 4. The van der Waals surface area contributed by atoms with E-state index in [0.29, 0.717) is 17.9 Å². The topological polar surface area (TPSA) is 52.1 Å². The average molecular weight is 265 g/mol. The molecule has 2 rings (SSSR count). The molecule has 96 valence electrons. The zero-order valence-electron chi connectivity index (χ0n) is 10.3. The number of nitrogens with one attached hydrogen (secondary N) is 1. The highest BCUT2D eigenvalue weighted by Crippen LogP contribution is 2.22. The highest BCUT2D eigenvalue weighted by atomic mass is 32.1. The van der Waals surface area contributed by atoms with Gasteiger partial charge in [-0.1, -0.05) is 12.1 Å². The molecule has 5 nitrogen and oxygen atoms in total. The van der Waals surface area contributed by atoms with Gasteiger partial charge in [-0.2, -0.15) is 5.10 Å². The molecule has 0 saturated heterocycles. The van der Waals surface area contributed by atoms with Crippen molar-refractivity contribution in [1.82, 2.24) is 14.8 Å². The Hall–Kier alpha value is -1.66. The molecular weight excluding hydrogens is 250 g/mol. The van der Waals surface area contributed by atoms with Crippen LogP contribution in [0.25, 0.3) is 11.4 Å². The highest BCUT2D eigenvalue weighted by Gasteiger charge is 2.09. The maximum Gasteiger partial charge on any atom is 0.195 e. The molecular formula is C12H15N3O2S. The van der Waals surface area contributed by atoms with Crippen LogP contribution in [0.2, 0.25) is 0 Å². The molecule has 1 aromatic heterocycles. The van der Waals surface area contributed by atoms with E-state index < -0.39 is 0 Å². The number of rotatable bonds is 5. The van der Waals surface area contributed by atoms with E-state index in [2.05, 4.69) is 10.2 Å². The van der Waals surface area contributed by atoms with Gasteiger partial charge in [0.2, 0.25) is 0 Å². The van der Waals surface area contributed by atoms with Gasteiger partial charge in [0, 0.05) is 12.7 Å². The second-order valence-corrected chi connectivity index (χ2v) is 4.12. The van der Waals surface area contributed by atoms with Gasteiger partial charge in [-0.05, 0) is 24.4 Å². The molecule has 0 amide bonds. The minimum absolute atomic E-state index is 0.588. The van der Waals surface area contributed by atoms with Crippen LogP contribution in [0.1, 0.15) is 0 Å². The summed E-state index contributed by atoms with van der Waals surface area (Å²) in [5.74, 6) is 1.58. The molecule has 2 aromatic rings. The summed E-state index contributed by atoms with van der Waals surface area (Å²) in [5.41, 5.74) is 0.956. The lowest BCUT2D eigenvalue weighted by molar-refractivity contribution is 0.187. The maximum atomic E-state index is 5.21. The van der Waals surface area contributed by atoms with Crippen molar-refractivity contribution in [2.75, 3.05) is 20.8 Å². The molecule has 0 saturated carbocycles. The van der Waals surface area contributed by atoms with Gasteiger partial charge in [0.25, 0.3) is 0 Å². The lowest BCUT2D eigenvalue weighted by atomic mass is 10.2. The standard InChI is InChI=1S/C12H15N3O2S/c1-16-7-6-15-11(13-14-12(15)18)9-4-3-5-10(8-9)17-2/h3-5,8H,6-7H2,1-2H3,(H,14,18). The molecule has 0 fully saturated rings. The molecule has 1 N–H and O–H groups in total. The van der Waals surface area contributed by atoms with Gasteiger partial charge in [-0.3, -0.25) is 9.67 Å². The van der Waals surface area contributed by atoms with Crippen LogP contribution in [0.5, 0.6) is 5.75 Å². The van der Waals surface area contributed by atoms with E-state index in [9.17, 15) is 0 Å². The Morgan fingerprint density at radius 3 is 2.94 bits per heavy atom. The smallest absolute Gasteiger partial charge is 0.195 e. The van der Waals surface area contributed by atoms with Gasteiger partial charge < -0.3 is 9.47 Å². The fourth-order valence-corrected chi connectivity index (χ4v) is 1.91. The first kappa shape index (κ1) is 12.8. The summed E-state index contributed by atoms with van der Waals surface area (Å²) in [7, 11) is 3.30. The van der Waals surface area contributed by atoms with Gasteiger partial charge in [0.15, 0.2) is 10.6 Å². The van der Waals surface area contributed by atoms with Crippen molar-refractivity contribution in [3.05, 3.63) is 29.0 Å². The quantitative estimate of drug-likeness (QED) is 0.843. The highest BCUT2D eigenvalue weighted by molar-refractivity contribution is 7.71. The maximum absolute atomic E-state index is 5.21. The second kappa shape index (κ2) is 5.79. The summed E-state index contributed by atoms with van der Waals surface area (Å²) >= 11 is 5.21. The van der Waals surface area contributed by atoms with E-state index in [1.807, 2.05) is 28.8 Å². The molecule has 0 spiro atoms. The minimum atomic E-state index is 0.588. The van der Waals surface area contributed by atoms with Crippen LogP contribution < -0.4 is 4.74 Å². The molecule has 18 heavy (non-hydrogen) atoms. The van der Waals surface area contributed by atoms with Crippen LogP contribution in [-0.4, -0.2) is 35.6 Å². The van der Waals surface area contributed by atoms with E-state index in [1.165, 1.54) is 0 Å². The third-order valence-corrected chi connectivity index (χ3v) is 2.92. The van der Waals surface area contributed by atoms with Crippen molar-refractivity contribution in [2.45, 2.75) is 6.54 Å². The lowest BCUT2D eigenvalue weighted by Crippen LogP contribution is -2.06. The Balaban J connectivity index is 2.40. The largest absolute Gasteiger partial charge is 0.497 e. The number of methoxy groups -OCH3 is 2. The van der Waals surface area contributed by atoms with Crippen LogP contribution >= 0.6 is 12.2 Å². The van der Waals surface area contributed by atoms with Crippen LogP contribution in [0.15, 0.2) is 24.3 Å². The van der Waals surface area contributed by atoms with Crippen molar-refractivity contribution in [1.29, 1.82) is 0 Å². The summed E-state index contributed by atoms with van der Waals surface area (Å²) in [6, 6.07) is 7.71. The van der Waals surface area contributed by atoms with Crippen LogP contribution in [0.3, 0.4) is 0 Å². The van der Waals surface area contributed by atoms with Gasteiger partial charge >= 0.3 is 0 Å². The van der Waals surface area contributed by atoms with Gasteiger partial charge in [-0.15, -0.1) is 0 Å². The van der Waals surface area contributed by atoms with E-state index >= 15 is 0 Å². The zero-order chi connectivity index (χ0) is 13.0. The number of aromatic amines is 1. The number of benzene rings is 1. The molecule has 0 atom stereocenters. The first-order valence-corrected chi connectivity index (χ1v) is 5.95. The Kier molecular flexibility index (Phi) is 4.11. The van der Waals surface area contributed by atoms with Crippen LogP contribution in [0.4, 0.5) is 0 Å². The third kappa shape index (κ3) is 2.60. The molecule has 1 heterocycles. The third-order valence-electron chi connectivity index (χ3n) is 2.61. The first-order chi connectivity index (χ1) is 8.76. The van der Waals surface area contributed by atoms with Gasteiger partial charge in [0.1, 0.15) is 5.75 Å². The van der Waals surface area contributed by atoms with Crippen molar-refractivity contribution in [2.24, 2.45) is 0 Å². The predicted molar refractivity (Wildman–Crippen MR) is 71.3 cm³/mol. The average Bonchev–Trinajstić information content (AvgIpc) is 2.77. The number of ether oxygens (including phenoxy) is 2. The van der Waals surface area contributed by atoms with Crippen molar-refractivity contribution >= 4 is 12.2 Å². The SMILES string of the molecule is COCCn1c(-c2cccc(OC)c2)n[nH]c1=S. The fourth-order valence-electron chi connectivity index (χ4n) is 1.69. The Morgan fingerprint density at radius 1 is 1.39 bits per heavy atom. The lowest BCUT2D eigenvalue weighted by Gasteiger charge is -2.07. The monoisotopic (exact) mass is 265 g/mol. The van der Waals surface area contributed by atoms with Crippen molar-refractivity contribution in [3.8, 4) is 17.1 Å². The molecule has 6 heteroatoms. The van der Waals surface area contributed by atoms with E-state index in [0.717, 1.165) is 17.1 Å².